The first-order valence-electron chi connectivity index (χ1n) is 5.97. The van der Waals surface area contributed by atoms with Crippen molar-refractivity contribution < 1.29 is 9.90 Å². The first-order valence-corrected chi connectivity index (χ1v) is 6.78. The minimum Gasteiger partial charge on any atom is -0.481 e. The lowest BCUT2D eigenvalue weighted by Crippen LogP contribution is -2.36. The highest BCUT2D eigenvalue weighted by Crippen LogP contribution is 2.29. The van der Waals surface area contributed by atoms with E-state index in [4.69, 9.17) is 5.11 Å². The van der Waals surface area contributed by atoms with Gasteiger partial charge in [0, 0.05) is 24.4 Å². The molecule has 1 N–H and O–H groups in total. The molecule has 1 aliphatic rings. The third kappa shape index (κ3) is 2.97. The van der Waals surface area contributed by atoms with Gasteiger partial charge < -0.3 is 10.0 Å². The number of thiazole rings is 1. The van der Waals surface area contributed by atoms with Crippen molar-refractivity contribution in [3.63, 3.8) is 0 Å². The molecule has 1 atom stereocenters. The van der Waals surface area contributed by atoms with Crippen LogP contribution in [0.25, 0.3) is 0 Å². The number of hydrogen-bond donors (Lipinski definition) is 1. The molecule has 1 aliphatic heterocycles. The fraction of sp³-hybridized carbons (Fsp3) is 0.667. The van der Waals surface area contributed by atoms with Gasteiger partial charge >= 0.3 is 5.97 Å². The normalized spacial score (nSPS) is 20.6. The number of rotatable bonds is 3. The van der Waals surface area contributed by atoms with Gasteiger partial charge in [0.05, 0.1) is 5.69 Å². The lowest BCUT2D eigenvalue weighted by atomic mass is 9.95. The Hall–Kier alpha value is -1.10. The van der Waals surface area contributed by atoms with Gasteiger partial charge in [0.2, 0.25) is 0 Å². The molecule has 0 bridgehead atoms. The van der Waals surface area contributed by atoms with Gasteiger partial charge in [-0.3, -0.25) is 4.79 Å². The van der Waals surface area contributed by atoms with Crippen molar-refractivity contribution in [2.24, 2.45) is 5.92 Å². The average Bonchev–Trinajstić information content (AvgIpc) is 2.59. The summed E-state index contributed by atoms with van der Waals surface area (Å²) in [6.07, 6.45) is 2.36. The Kier molecular flexibility index (Phi) is 3.66. The predicted molar refractivity (Wildman–Crippen MR) is 68.8 cm³/mol. The van der Waals surface area contributed by atoms with E-state index in [0.29, 0.717) is 0 Å². The molecule has 0 aliphatic carbocycles. The molecule has 1 aromatic heterocycles. The Morgan fingerprint density at radius 2 is 2.35 bits per heavy atom. The van der Waals surface area contributed by atoms with E-state index in [1.165, 1.54) is 4.88 Å². The third-order valence-corrected chi connectivity index (χ3v) is 4.40. The second-order valence-corrected chi connectivity index (χ2v) is 5.87. The van der Waals surface area contributed by atoms with Crippen molar-refractivity contribution in [2.75, 3.05) is 18.0 Å². The summed E-state index contributed by atoms with van der Waals surface area (Å²) >= 11 is 1.71. The van der Waals surface area contributed by atoms with Crippen LogP contribution < -0.4 is 4.90 Å². The van der Waals surface area contributed by atoms with E-state index in [0.717, 1.165) is 36.8 Å². The van der Waals surface area contributed by atoms with E-state index < -0.39 is 5.97 Å². The maximum absolute atomic E-state index is 10.7. The van der Waals surface area contributed by atoms with E-state index in [-0.39, 0.29) is 12.3 Å². The van der Waals surface area contributed by atoms with Crippen LogP contribution in [0.1, 0.15) is 29.8 Å². The van der Waals surface area contributed by atoms with Crippen LogP contribution in [0.5, 0.6) is 0 Å². The standard InChI is InChI=1S/C12H18N2O2S/c1-8-9(2)17-12(13-8)14-5-3-4-10(7-14)6-11(15)16/h10H,3-7H2,1-2H3,(H,15,16). The lowest BCUT2D eigenvalue weighted by Gasteiger charge is -2.31. The highest BCUT2D eigenvalue weighted by molar-refractivity contribution is 7.15. The molecule has 0 radical (unpaired) electrons. The summed E-state index contributed by atoms with van der Waals surface area (Å²) < 4.78 is 0. The van der Waals surface area contributed by atoms with Crippen LogP contribution in [0.15, 0.2) is 0 Å². The summed E-state index contributed by atoms with van der Waals surface area (Å²) in [6, 6.07) is 0. The third-order valence-electron chi connectivity index (χ3n) is 3.27. The van der Waals surface area contributed by atoms with E-state index in [9.17, 15) is 4.79 Å². The molecule has 4 nitrogen and oxygen atoms in total. The largest absolute Gasteiger partial charge is 0.481 e. The summed E-state index contributed by atoms with van der Waals surface area (Å²) in [5.74, 6) is -0.422. The molecule has 0 spiro atoms. The van der Waals surface area contributed by atoms with E-state index in [1.54, 1.807) is 11.3 Å². The molecular weight excluding hydrogens is 236 g/mol. The van der Waals surface area contributed by atoms with Gasteiger partial charge in [0.15, 0.2) is 5.13 Å². The molecule has 0 aromatic carbocycles. The van der Waals surface area contributed by atoms with E-state index in [1.807, 2.05) is 6.92 Å². The van der Waals surface area contributed by atoms with Crippen LogP contribution in [0.3, 0.4) is 0 Å². The Bertz CT molecular complexity index is 397. The zero-order chi connectivity index (χ0) is 12.4. The second kappa shape index (κ2) is 5.04. The monoisotopic (exact) mass is 254 g/mol. The summed E-state index contributed by atoms with van der Waals surface area (Å²) in [5.41, 5.74) is 1.09. The molecule has 1 unspecified atom stereocenters. The number of aryl methyl sites for hydroxylation is 2. The quantitative estimate of drug-likeness (QED) is 0.900. The molecule has 17 heavy (non-hydrogen) atoms. The molecule has 2 heterocycles. The summed E-state index contributed by atoms with van der Waals surface area (Å²) in [5, 5.41) is 9.89. The van der Waals surface area contributed by atoms with Crippen LogP contribution in [-0.2, 0) is 4.79 Å². The number of hydrogen-bond acceptors (Lipinski definition) is 4. The lowest BCUT2D eigenvalue weighted by molar-refractivity contribution is -0.138. The Labute approximate surface area is 105 Å². The van der Waals surface area contributed by atoms with Crippen LogP contribution in [0.4, 0.5) is 5.13 Å². The second-order valence-electron chi connectivity index (χ2n) is 4.69. The van der Waals surface area contributed by atoms with Gasteiger partial charge in [0.25, 0.3) is 0 Å². The molecule has 1 saturated heterocycles. The molecule has 94 valence electrons. The zero-order valence-electron chi connectivity index (χ0n) is 10.3. The molecule has 2 rings (SSSR count). The highest BCUT2D eigenvalue weighted by Gasteiger charge is 2.24. The average molecular weight is 254 g/mol. The van der Waals surface area contributed by atoms with Crippen LogP contribution in [0, 0.1) is 19.8 Å². The van der Waals surface area contributed by atoms with Crippen LogP contribution in [0.2, 0.25) is 0 Å². The van der Waals surface area contributed by atoms with E-state index in [2.05, 4.69) is 16.8 Å². The smallest absolute Gasteiger partial charge is 0.303 e. The summed E-state index contributed by atoms with van der Waals surface area (Å²) in [7, 11) is 0. The van der Waals surface area contributed by atoms with Gasteiger partial charge in [-0.2, -0.15) is 0 Å². The zero-order valence-corrected chi connectivity index (χ0v) is 11.1. The van der Waals surface area contributed by atoms with Gasteiger partial charge in [-0.05, 0) is 32.6 Å². The molecule has 0 amide bonds. The SMILES string of the molecule is Cc1nc(N2CCCC(CC(=O)O)C2)sc1C. The summed E-state index contributed by atoms with van der Waals surface area (Å²) in [4.78, 5) is 18.8. The number of piperidine rings is 1. The maximum Gasteiger partial charge on any atom is 0.303 e. The molecule has 0 saturated carbocycles. The van der Waals surface area contributed by atoms with Gasteiger partial charge in [-0.15, -0.1) is 11.3 Å². The number of carboxylic acid groups (broad SMARTS) is 1. The van der Waals surface area contributed by atoms with Crippen molar-refractivity contribution in [3.8, 4) is 0 Å². The van der Waals surface area contributed by atoms with Crippen molar-refractivity contribution in [3.05, 3.63) is 10.6 Å². The Balaban J connectivity index is 2.04. The van der Waals surface area contributed by atoms with Crippen LogP contribution in [-0.4, -0.2) is 29.1 Å². The topological polar surface area (TPSA) is 53.4 Å². The molecular formula is C12H18N2O2S. The van der Waals surface area contributed by atoms with Crippen molar-refractivity contribution in [1.82, 2.24) is 4.98 Å². The summed E-state index contributed by atoms with van der Waals surface area (Å²) in [6.45, 7) is 5.93. The van der Waals surface area contributed by atoms with Gasteiger partial charge in [0.1, 0.15) is 0 Å². The number of anilines is 1. The number of carboxylic acids is 1. The van der Waals surface area contributed by atoms with Crippen molar-refractivity contribution in [2.45, 2.75) is 33.1 Å². The fourth-order valence-electron chi connectivity index (χ4n) is 2.24. The maximum atomic E-state index is 10.7. The van der Waals surface area contributed by atoms with Crippen LogP contribution >= 0.6 is 11.3 Å². The Morgan fingerprint density at radius 1 is 1.59 bits per heavy atom. The number of aromatic nitrogens is 1. The predicted octanol–water partition coefficient (Wildman–Crippen LogP) is 2.45. The highest BCUT2D eigenvalue weighted by atomic mass is 32.1. The minimum atomic E-state index is -0.691. The first-order chi connectivity index (χ1) is 8.06. The van der Waals surface area contributed by atoms with Crippen molar-refractivity contribution >= 4 is 22.4 Å². The van der Waals surface area contributed by atoms with Gasteiger partial charge in [-0.1, -0.05) is 0 Å². The molecule has 1 aromatic rings. The van der Waals surface area contributed by atoms with E-state index >= 15 is 0 Å². The number of carbonyl (C=O) groups is 1. The minimum absolute atomic E-state index is 0.269. The number of aliphatic carboxylic acids is 1. The molecule has 1 fully saturated rings. The Morgan fingerprint density at radius 3 is 2.94 bits per heavy atom. The van der Waals surface area contributed by atoms with Crippen molar-refractivity contribution in [1.29, 1.82) is 0 Å². The molecule has 5 heteroatoms. The van der Waals surface area contributed by atoms with Gasteiger partial charge in [-0.25, -0.2) is 4.98 Å². The number of nitrogens with zero attached hydrogens (tertiary/aromatic N) is 2. The first kappa shape index (κ1) is 12.4. The fourth-order valence-corrected chi connectivity index (χ4v) is 3.19.